The maximum Gasteiger partial charge on any atom is 0.252 e. The molecule has 4 heterocycles. The molecular weight excluding hydrogens is 397 g/mol. The summed E-state index contributed by atoms with van der Waals surface area (Å²) in [5.74, 6) is 0.614. The minimum atomic E-state index is -0.556. The van der Waals surface area contributed by atoms with Crippen LogP contribution in [0.25, 0.3) is 11.0 Å². The number of hydrogen-bond donors (Lipinski definition) is 2. The third kappa shape index (κ3) is 3.52. The highest BCUT2D eigenvalue weighted by molar-refractivity contribution is 6.05. The number of rotatable bonds is 1. The van der Waals surface area contributed by atoms with Gasteiger partial charge in [-0.2, -0.15) is 0 Å². The van der Waals surface area contributed by atoms with Crippen molar-refractivity contribution in [3.8, 4) is 5.75 Å². The minimum Gasteiger partial charge on any atom is -0.490 e. The summed E-state index contributed by atoms with van der Waals surface area (Å²) in [5, 5.41) is 3.33. The molecule has 0 saturated carbocycles. The summed E-state index contributed by atoms with van der Waals surface area (Å²) in [6.45, 7) is 3.33. The van der Waals surface area contributed by atoms with E-state index in [9.17, 15) is 9.18 Å². The molecule has 0 unspecified atom stereocenters. The Balaban J connectivity index is 1.70. The number of fused-ring (bicyclic) bond motifs is 5. The van der Waals surface area contributed by atoms with Crippen LogP contribution in [0, 0.1) is 5.82 Å². The van der Waals surface area contributed by atoms with Crippen LogP contribution in [-0.4, -0.2) is 35.1 Å². The first-order chi connectivity index (χ1) is 15.0. The quantitative estimate of drug-likeness (QED) is 0.621. The molecule has 2 atom stereocenters. The number of halogens is 1. The molecule has 0 radical (unpaired) electrons. The van der Waals surface area contributed by atoms with Crippen molar-refractivity contribution in [3.63, 3.8) is 0 Å². The van der Waals surface area contributed by atoms with Crippen molar-refractivity contribution in [2.75, 3.05) is 23.3 Å². The van der Waals surface area contributed by atoms with Crippen molar-refractivity contribution >= 4 is 28.4 Å². The number of aromatic nitrogens is 2. The lowest BCUT2D eigenvalue weighted by atomic mass is 10.0. The fourth-order valence-corrected chi connectivity index (χ4v) is 4.51. The molecule has 2 bridgehead atoms. The van der Waals surface area contributed by atoms with E-state index < -0.39 is 5.91 Å². The largest absolute Gasteiger partial charge is 0.490 e. The van der Waals surface area contributed by atoms with Gasteiger partial charge in [-0.25, -0.2) is 9.37 Å². The third-order valence-electron chi connectivity index (χ3n) is 6.02. The molecule has 8 heteroatoms. The molecule has 0 spiro atoms. The fourth-order valence-electron chi connectivity index (χ4n) is 4.51. The van der Waals surface area contributed by atoms with Crippen LogP contribution in [0.15, 0.2) is 36.5 Å². The summed E-state index contributed by atoms with van der Waals surface area (Å²) in [6, 6.07) is 8.49. The molecule has 2 aliphatic rings. The number of benzene rings is 1. The van der Waals surface area contributed by atoms with Crippen molar-refractivity contribution in [2.24, 2.45) is 5.73 Å². The van der Waals surface area contributed by atoms with Gasteiger partial charge in [-0.05, 0) is 50.1 Å². The first-order valence-corrected chi connectivity index (χ1v) is 10.6. The van der Waals surface area contributed by atoms with Crippen LogP contribution >= 0.6 is 0 Å². The van der Waals surface area contributed by atoms with Gasteiger partial charge in [0.25, 0.3) is 5.91 Å². The highest BCUT2D eigenvalue weighted by Gasteiger charge is 2.31. The van der Waals surface area contributed by atoms with Crippen molar-refractivity contribution in [1.29, 1.82) is 0 Å². The summed E-state index contributed by atoms with van der Waals surface area (Å²) in [6.07, 6.45) is 3.88. The predicted molar refractivity (Wildman–Crippen MR) is 117 cm³/mol. The molecule has 1 amide bonds. The molecule has 1 fully saturated rings. The molecule has 5 rings (SSSR count). The Morgan fingerprint density at radius 2 is 2.16 bits per heavy atom. The Bertz CT molecular complexity index is 1170. The van der Waals surface area contributed by atoms with Gasteiger partial charge >= 0.3 is 0 Å². The number of amides is 1. The number of carbonyl (C=O) groups excluding carboxylic acids is 1. The molecule has 1 saturated heterocycles. The smallest absolute Gasteiger partial charge is 0.252 e. The van der Waals surface area contributed by atoms with Crippen LogP contribution in [-0.2, 0) is 0 Å². The Kier molecular flexibility index (Phi) is 4.84. The zero-order valence-electron chi connectivity index (χ0n) is 17.3. The van der Waals surface area contributed by atoms with E-state index in [1.54, 1.807) is 12.1 Å². The van der Waals surface area contributed by atoms with Crippen LogP contribution in [0.4, 0.5) is 15.9 Å². The SMILES string of the molecule is C[C@H]1CCNc2c(C(N)=O)cnc3ccc(nc23)N2CCC[C@@H]2c2cc(F)ccc2O1. The highest BCUT2D eigenvalue weighted by atomic mass is 19.1. The number of nitrogens with zero attached hydrogens (tertiary/aromatic N) is 3. The van der Waals surface area contributed by atoms with E-state index in [0.717, 1.165) is 30.8 Å². The fraction of sp³-hybridized carbons (Fsp3) is 0.348. The molecule has 3 aromatic rings. The summed E-state index contributed by atoms with van der Waals surface area (Å²) >= 11 is 0. The monoisotopic (exact) mass is 421 g/mol. The van der Waals surface area contributed by atoms with Gasteiger partial charge in [0.1, 0.15) is 22.9 Å². The van der Waals surface area contributed by atoms with Gasteiger partial charge in [-0.15, -0.1) is 0 Å². The highest BCUT2D eigenvalue weighted by Crippen LogP contribution is 2.41. The normalized spacial score (nSPS) is 20.6. The molecule has 2 aliphatic heterocycles. The lowest BCUT2D eigenvalue weighted by molar-refractivity contribution is 0.100. The number of nitrogens with one attached hydrogen (secondary N) is 1. The van der Waals surface area contributed by atoms with Gasteiger partial charge in [0.05, 0.1) is 28.9 Å². The van der Waals surface area contributed by atoms with Crippen LogP contribution in [0.5, 0.6) is 5.75 Å². The zero-order valence-corrected chi connectivity index (χ0v) is 17.3. The molecule has 0 aliphatic carbocycles. The number of nitrogens with two attached hydrogens (primary N) is 1. The molecule has 31 heavy (non-hydrogen) atoms. The first-order valence-electron chi connectivity index (χ1n) is 10.6. The van der Waals surface area contributed by atoms with E-state index in [-0.39, 0.29) is 18.0 Å². The Morgan fingerprint density at radius 1 is 1.29 bits per heavy atom. The van der Waals surface area contributed by atoms with Crippen LogP contribution in [0.2, 0.25) is 0 Å². The summed E-state index contributed by atoms with van der Waals surface area (Å²) < 4.78 is 20.4. The van der Waals surface area contributed by atoms with Gasteiger partial charge < -0.3 is 20.7 Å². The second-order valence-electron chi connectivity index (χ2n) is 8.13. The van der Waals surface area contributed by atoms with E-state index in [2.05, 4.69) is 15.2 Å². The lowest BCUT2D eigenvalue weighted by Gasteiger charge is -2.28. The van der Waals surface area contributed by atoms with E-state index in [0.29, 0.717) is 41.0 Å². The average Bonchev–Trinajstić information content (AvgIpc) is 3.23. The topological polar surface area (TPSA) is 93.4 Å². The summed E-state index contributed by atoms with van der Waals surface area (Å²) in [4.78, 5) is 23.5. The number of carbonyl (C=O) groups is 1. The van der Waals surface area contributed by atoms with Crippen LogP contribution in [0.3, 0.4) is 0 Å². The second-order valence-corrected chi connectivity index (χ2v) is 8.13. The Hall–Kier alpha value is -3.42. The Labute approximate surface area is 179 Å². The second kappa shape index (κ2) is 7.68. The maximum absolute atomic E-state index is 14.2. The molecule has 2 aromatic heterocycles. The molecule has 7 nitrogen and oxygen atoms in total. The van der Waals surface area contributed by atoms with Gasteiger partial charge in [0, 0.05) is 31.3 Å². The van der Waals surface area contributed by atoms with Crippen molar-refractivity contribution in [3.05, 3.63) is 53.5 Å². The van der Waals surface area contributed by atoms with Gasteiger partial charge in [0.2, 0.25) is 0 Å². The zero-order chi connectivity index (χ0) is 21.5. The molecule has 1 aromatic carbocycles. The van der Waals surface area contributed by atoms with Crippen molar-refractivity contribution in [2.45, 2.75) is 38.3 Å². The van der Waals surface area contributed by atoms with E-state index in [1.807, 2.05) is 19.1 Å². The Morgan fingerprint density at radius 3 is 3.00 bits per heavy atom. The number of primary amides is 1. The molecule has 160 valence electrons. The van der Waals surface area contributed by atoms with Gasteiger partial charge in [-0.1, -0.05) is 0 Å². The third-order valence-corrected chi connectivity index (χ3v) is 6.02. The lowest BCUT2D eigenvalue weighted by Crippen LogP contribution is -2.25. The standard InChI is InChI=1S/C23H24FN5O2/c1-13-8-9-26-21-16(23(25)30)12-27-17-5-7-20(28-22(17)21)29-10-2-3-18(29)15-11-14(24)4-6-19(15)31-13/h4-7,11-13,18,26H,2-3,8-10H2,1H3,(H2,25,30)/t13-,18+/m0/s1. The predicted octanol–water partition coefficient (Wildman–Crippen LogP) is 3.79. The maximum atomic E-state index is 14.2. The van der Waals surface area contributed by atoms with E-state index in [4.69, 9.17) is 15.5 Å². The van der Waals surface area contributed by atoms with E-state index in [1.165, 1.54) is 12.3 Å². The first kappa shape index (κ1) is 19.5. The minimum absolute atomic E-state index is 0.0488. The number of ether oxygens (including phenoxy) is 1. The summed E-state index contributed by atoms with van der Waals surface area (Å²) in [5.41, 5.74) is 8.62. The van der Waals surface area contributed by atoms with Crippen molar-refractivity contribution in [1.82, 2.24) is 9.97 Å². The van der Waals surface area contributed by atoms with Crippen LogP contribution in [0.1, 0.15) is 48.1 Å². The molecule has 3 N–H and O–H groups in total. The van der Waals surface area contributed by atoms with Gasteiger partial charge in [-0.3, -0.25) is 9.78 Å². The average molecular weight is 421 g/mol. The number of hydrogen-bond acceptors (Lipinski definition) is 6. The van der Waals surface area contributed by atoms with Crippen molar-refractivity contribution < 1.29 is 13.9 Å². The number of anilines is 2. The molecular formula is C23H24FN5O2. The summed E-state index contributed by atoms with van der Waals surface area (Å²) in [7, 11) is 0. The van der Waals surface area contributed by atoms with Gasteiger partial charge in [0.15, 0.2) is 0 Å². The van der Waals surface area contributed by atoms with E-state index >= 15 is 0 Å². The number of pyridine rings is 2. The van der Waals surface area contributed by atoms with Crippen LogP contribution < -0.4 is 20.7 Å².